The van der Waals surface area contributed by atoms with Crippen LogP contribution in [0, 0.1) is 0 Å². The minimum Gasteiger partial charge on any atom is -0.383 e. The number of piperidine rings is 1. The van der Waals surface area contributed by atoms with E-state index in [9.17, 15) is 9.59 Å². The third-order valence-corrected chi connectivity index (χ3v) is 5.42. The number of amides is 2. The molecule has 26 heavy (non-hydrogen) atoms. The highest BCUT2D eigenvalue weighted by Crippen LogP contribution is 2.26. The van der Waals surface area contributed by atoms with Gasteiger partial charge in [0.25, 0.3) is 0 Å². The highest BCUT2D eigenvalue weighted by atomic mass is 16.5. The van der Waals surface area contributed by atoms with Gasteiger partial charge < -0.3 is 19.1 Å². The lowest BCUT2D eigenvalue weighted by molar-refractivity contribution is -0.140. The third kappa shape index (κ3) is 4.63. The molecule has 3 rings (SSSR count). The van der Waals surface area contributed by atoms with Crippen molar-refractivity contribution in [2.75, 3.05) is 39.9 Å². The minimum atomic E-state index is 0.0694. The Morgan fingerprint density at radius 1 is 1.27 bits per heavy atom. The largest absolute Gasteiger partial charge is 0.383 e. The summed E-state index contributed by atoms with van der Waals surface area (Å²) in [6, 6.07) is 0. The van der Waals surface area contributed by atoms with E-state index in [1.807, 2.05) is 17.3 Å². The standard InChI is InChI=1S/C19H30N4O3/c1-26-13-12-21-11-8-20-19(21)16-6-5-10-22(14-16)18(25)15-23-9-4-2-3-7-17(23)24/h8,11,16H,2-7,9-10,12-15H2,1H3. The van der Waals surface area contributed by atoms with Crippen molar-refractivity contribution in [3.8, 4) is 0 Å². The van der Waals surface area contributed by atoms with E-state index in [4.69, 9.17) is 4.74 Å². The second-order valence-electron chi connectivity index (χ2n) is 7.28. The second kappa shape index (κ2) is 9.16. The molecule has 0 saturated carbocycles. The number of likely N-dealkylation sites (tertiary alicyclic amines) is 2. The van der Waals surface area contributed by atoms with Crippen molar-refractivity contribution in [2.45, 2.75) is 51.0 Å². The zero-order valence-corrected chi connectivity index (χ0v) is 15.7. The topological polar surface area (TPSA) is 67.7 Å². The predicted molar refractivity (Wildman–Crippen MR) is 97.7 cm³/mol. The van der Waals surface area contributed by atoms with E-state index in [0.29, 0.717) is 26.1 Å². The van der Waals surface area contributed by atoms with Crippen LogP contribution in [0.25, 0.3) is 0 Å². The lowest BCUT2D eigenvalue weighted by Crippen LogP contribution is -2.46. The average Bonchev–Trinajstić information content (AvgIpc) is 3.04. The maximum absolute atomic E-state index is 12.8. The molecule has 2 aliphatic heterocycles. The molecule has 0 bridgehead atoms. The molecular formula is C19H30N4O3. The van der Waals surface area contributed by atoms with E-state index in [1.54, 1.807) is 12.0 Å². The number of carbonyl (C=O) groups excluding carboxylic acids is 2. The molecule has 144 valence electrons. The van der Waals surface area contributed by atoms with E-state index < -0.39 is 0 Å². The summed E-state index contributed by atoms with van der Waals surface area (Å²) in [5, 5.41) is 0. The average molecular weight is 362 g/mol. The van der Waals surface area contributed by atoms with Crippen molar-refractivity contribution in [3.63, 3.8) is 0 Å². The van der Waals surface area contributed by atoms with Crippen molar-refractivity contribution in [1.82, 2.24) is 19.4 Å². The minimum absolute atomic E-state index is 0.0694. The number of aromatic nitrogens is 2. The van der Waals surface area contributed by atoms with E-state index in [2.05, 4.69) is 9.55 Å². The van der Waals surface area contributed by atoms with Crippen LogP contribution in [-0.2, 0) is 20.9 Å². The number of imidazole rings is 1. The van der Waals surface area contributed by atoms with Crippen LogP contribution in [0.15, 0.2) is 12.4 Å². The van der Waals surface area contributed by atoms with Gasteiger partial charge in [-0.1, -0.05) is 6.42 Å². The molecule has 0 aromatic carbocycles. The van der Waals surface area contributed by atoms with Crippen molar-refractivity contribution < 1.29 is 14.3 Å². The maximum atomic E-state index is 12.8. The van der Waals surface area contributed by atoms with Gasteiger partial charge >= 0.3 is 0 Å². The van der Waals surface area contributed by atoms with Crippen LogP contribution in [0.3, 0.4) is 0 Å². The quantitative estimate of drug-likeness (QED) is 0.771. The zero-order chi connectivity index (χ0) is 18.4. The lowest BCUT2D eigenvalue weighted by Gasteiger charge is -2.34. The summed E-state index contributed by atoms with van der Waals surface area (Å²) in [7, 11) is 1.70. The van der Waals surface area contributed by atoms with Crippen molar-refractivity contribution in [3.05, 3.63) is 18.2 Å². The number of ether oxygens (including phenoxy) is 1. The Balaban J connectivity index is 1.60. The summed E-state index contributed by atoms with van der Waals surface area (Å²) >= 11 is 0. The van der Waals surface area contributed by atoms with Gasteiger partial charge in [-0.2, -0.15) is 0 Å². The molecule has 2 amide bonds. The molecule has 2 fully saturated rings. The number of nitrogens with zero attached hydrogens (tertiary/aromatic N) is 4. The van der Waals surface area contributed by atoms with Gasteiger partial charge in [0.1, 0.15) is 5.82 Å². The van der Waals surface area contributed by atoms with Crippen LogP contribution >= 0.6 is 0 Å². The van der Waals surface area contributed by atoms with E-state index in [1.165, 1.54) is 0 Å². The molecule has 0 N–H and O–H groups in total. The van der Waals surface area contributed by atoms with Crippen LogP contribution in [0.5, 0.6) is 0 Å². The molecule has 0 aliphatic carbocycles. The zero-order valence-electron chi connectivity index (χ0n) is 15.7. The van der Waals surface area contributed by atoms with Crippen molar-refractivity contribution in [1.29, 1.82) is 0 Å². The van der Waals surface area contributed by atoms with E-state index >= 15 is 0 Å². The Labute approximate surface area is 155 Å². The first-order valence-corrected chi connectivity index (χ1v) is 9.74. The first-order chi connectivity index (χ1) is 12.7. The van der Waals surface area contributed by atoms with Crippen LogP contribution in [0.2, 0.25) is 0 Å². The fourth-order valence-corrected chi connectivity index (χ4v) is 3.94. The van der Waals surface area contributed by atoms with Gasteiger partial charge in [0.2, 0.25) is 11.8 Å². The molecule has 1 unspecified atom stereocenters. The van der Waals surface area contributed by atoms with Crippen LogP contribution < -0.4 is 0 Å². The van der Waals surface area contributed by atoms with Gasteiger partial charge in [0.05, 0.1) is 13.2 Å². The van der Waals surface area contributed by atoms with E-state index in [-0.39, 0.29) is 24.3 Å². The molecule has 3 heterocycles. The first-order valence-electron chi connectivity index (χ1n) is 9.74. The summed E-state index contributed by atoms with van der Waals surface area (Å²) in [5.74, 6) is 1.48. The van der Waals surface area contributed by atoms with Gasteiger partial charge in [-0.05, 0) is 25.7 Å². The summed E-state index contributed by atoms with van der Waals surface area (Å²) in [5.41, 5.74) is 0. The SMILES string of the molecule is COCCn1ccnc1C1CCCN(C(=O)CN2CCCCCC2=O)C1. The van der Waals surface area contributed by atoms with Crippen LogP contribution in [0.1, 0.15) is 50.3 Å². The Bertz CT molecular complexity index is 616. The highest BCUT2D eigenvalue weighted by Gasteiger charge is 2.29. The molecule has 1 aromatic rings. The van der Waals surface area contributed by atoms with E-state index in [0.717, 1.165) is 51.0 Å². The first kappa shape index (κ1) is 18.9. The smallest absolute Gasteiger partial charge is 0.242 e. The summed E-state index contributed by atoms with van der Waals surface area (Å²) in [6.45, 7) is 3.82. The van der Waals surface area contributed by atoms with Crippen molar-refractivity contribution in [2.24, 2.45) is 0 Å². The third-order valence-electron chi connectivity index (χ3n) is 5.42. The molecule has 2 aliphatic rings. The molecule has 0 spiro atoms. The number of rotatable bonds is 6. The molecular weight excluding hydrogens is 332 g/mol. The molecule has 1 atom stereocenters. The lowest BCUT2D eigenvalue weighted by atomic mass is 9.97. The molecule has 1 aromatic heterocycles. The van der Waals surface area contributed by atoms with Gasteiger partial charge in [0, 0.05) is 58.0 Å². The summed E-state index contributed by atoms with van der Waals surface area (Å²) < 4.78 is 7.30. The fraction of sp³-hybridized carbons (Fsp3) is 0.737. The normalized spacial score (nSPS) is 21.7. The van der Waals surface area contributed by atoms with Gasteiger partial charge in [-0.25, -0.2) is 4.98 Å². The Morgan fingerprint density at radius 3 is 3.00 bits per heavy atom. The van der Waals surface area contributed by atoms with Crippen molar-refractivity contribution >= 4 is 11.8 Å². The molecule has 7 nitrogen and oxygen atoms in total. The van der Waals surface area contributed by atoms with Crippen LogP contribution in [-0.4, -0.2) is 71.1 Å². The Morgan fingerprint density at radius 2 is 2.15 bits per heavy atom. The summed E-state index contributed by atoms with van der Waals surface area (Å²) in [6.07, 6.45) is 9.40. The number of methoxy groups -OCH3 is 1. The monoisotopic (exact) mass is 362 g/mol. The van der Waals surface area contributed by atoms with Gasteiger partial charge in [-0.15, -0.1) is 0 Å². The molecule has 2 saturated heterocycles. The van der Waals surface area contributed by atoms with Crippen LogP contribution in [0.4, 0.5) is 0 Å². The number of carbonyl (C=O) groups is 2. The Kier molecular flexibility index (Phi) is 6.66. The predicted octanol–water partition coefficient (Wildman–Crippen LogP) is 1.64. The second-order valence-corrected chi connectivity index (χ2v) is 7.28. The fourth-order valence-electron chi connectivity index (χ4n) is 3.94. The molecule has 7 heteroatoms. The summed E-state index contributed by atoms with van der Waals surface area (Å²) in [4.78, 5) is 33.1. The molecule has 0 radical (unpaired) electrons. The Hall–Kier alpha value is -1.89. The highest BCUT2D eigenvalue weighted by molar-refractivity contribution is 5.85. The maximum Gasteiger partial charge on any atom is 0.242 e. The number of hydrogen-bond donors (Lipinski definition) is 0. The van der Waals surface area contributed by atoms with Gasteiger partial charge in [-0.3, -0.25) is 9.59 Å². The van der Waals surface area contributed by atoms with Gasteiger partial charge in [0.15, 0.2) is 0 Å². The number of hydrogen-bond acceptors (Lipinski definition) is 4.